The van der Waals surface area contributed by atoms with E-state index in [0.717, 1.165) is 17.7 Å². The van der Waals surface area contributed by atoms with Gasteiger partial charge in [0.25, 0.3) is 0 Å². The molecular formula is C21H23N3O2S. The van der Waals surface area contributed by atoms with Gasteiger partial charge in [-0.15, -0.1) is 11.8 Å². The average Bonchev–Trinajstić information content (AvgIpc) is 3.22. The third-order valence-electron chi connectivity index (χ3n) is 5.34. The van der Waals surface area contributed by atoms with E-state index < -0.39 is 10.9 Å². The van der Waals surface area contributed by atoms with Gasteiger partial charge in [0.05, 0.1) is 0 Å². The second kappa shape index (κ2) is 7.35. The van der Waals surface area contributed by atoms with Crippen LogP contribution in [-0.2, 0) is 20.9 Å². The van der Waals surface area contributed by atoms with Crippen molar-refractivity contribution in [3.05, 3.63) is 65.5 Å². The minimum atomic E-state index is -0.407. The van der Waals surface area contributed by atoms with Crippen molar-refractivity contribution in [2.24, 2.45) is 0 Å². The van der Waals surface area contributed by atoms with Crippen molar-refractivity contribution in [3.63, 3.8) is 0 Å². The normalized spacial score (nSPS) is 24.1. The lowest BCUT2D eigenvalue weighted by molar-refractivity contribution is -0.138. The van der Waals surface area contributed by atoms with Crippen molar-refractivity contribution in [3.8, 4) is 0 Å². The Hall–Kier alpha value is -2.34. The molecule has 0 saturated carbocycles. The molecule has 1 N–H and O–H groups in total. The van der Waals surface area contributed by atoms with Crippen molar-refractivity contribution in [1.29, 1.82) is 0 Å². The van der Waals surface area contributed by atoms with E-state index in [2.05, 4.69) is 41.5 Å². The van der Waals surface area contributed by atoms with Gasteiger partial charge in [0.15, 0.2) is 0 Å². The average molecular weight is 382 g/mol. The van der Waals surface area contributed by atoms with E-state index in [9.17, 15) is 9.59 Å². The number of hydrogen-bond donors (Lipinski definition) is 1. The van der Waals surface area contributed by atoms with Crippen molar-refractivity contribution >= 4 is 23.6 Å². The Bertz CT molecular complexity index is 840. The fourth-order valence-corrected chi connectivity index (χ4v) is 5.58. The summed E-state index contributed by atoms with van der Waals surface area (Å²) in [6.07, 6.45) is 3.70. The molecule has 2 aromatic rings. The first-order chi connectivity index (χ1) is 13.1. The highest BCUT2D eigenvalue weighted by atomic mass is 32.2. The largest absolute Gasteiger partial charge is 0.354 e. The van der Waals surface area contributed by atoms with Gasteiger partial charge < -0.3 is 10.2 Å². The van der Waals surface area contributed by atoms with Crippen molar-refractivity contribution < 1.29 is 9.59 Å². The summed E-state index contributed by atoms with van der Waals surface area (Å²) < 4.78 is 0. The van der Waals surface area contributed by atoms with Crippen LogP contribution in [0.1, 0.15) is 29.7 Å². The Kier molecular flexibility index (Phi) is 4.91. The van der Waals surface area contributed by atoms with E-state index >= 15 is 0 Å². The van der Waals surface area contributed by atoms with Crippen LogP contribution in [0.25, 0.3) is 0 Å². The van der Waals surface area contributed by atoms with Gasteiger partial charge in [-0.25, -0.2) is 0 Å². The minimum Gasteiger partial charge on any atom is -0.354 e. The SMILES string of the molecule is Cc1ccc([C@@]23CCC(=O)N2[C@H](C(=O)NCCc2ccccn2)CS3)cc1. The first-order valence-electron chi connectivity index (χ1n) is 9.31. The molecule has 2 aliphatic heterocycles. The molecule has 2 fully saturated rings. The molecule has 0 radical (unpaired) electrons. The van der Waals surface area contributed by atoms with Crippen LogP contribution in [0.2, 0.25) is 0 Å². The number of pyridine rings is 1. The number of nitrogens with one attached hydrogen (secondary N) is 1. The molecule has 6 heteroatoms. The van der Waals surface area contributed by atoms with E-state index in [1.165, 1.54) is 5.56 Å². The number of amides is 2. The quantitative estimate of drug-likeness (QED) is 0.865. The van der Waals surface area contributed by atoms with Gasteiger partial charge in [0.1, 0.15) is 10.9 Å². The Morgan fingerprint density at radius 1 is 1.30 bits per heavy atom. The van der Waals surface area contributed by atoms with Gasteiger partial charge in [-0.05, 0) is 31.0 Å². The lowest BCUT2D eigenvalue weighted by atomic mass is 10.0. The molecule has 27 heavy (non-hydrogen) atoms. The molecule has 4 rings (SSSR count). The van der Waals surface area contributed by atoms with E-state index in [1.54, 1.807) is 18.0 Å². The van der Waals surface area contributed by atoms with Crippen LogP contribution in [-0.4, -0.2) is 40.0 Å². The number of aryl methyl sites for hydroxylation is 1. The molecule has 5 nitrogen and oxygen atoms in total. The van der Waals surface area contributed by atoms with Gasteiger partial charge in [0, 0.05) is 37.0 Å². The first kappa shape index (κ1) is 18.0. The smallest absolute Gasteiger partial charge is 0.243 e. The summed E-state index contributed by atoms with van der Waals surface area (Å²) in [4.78, 5) is 31.2. The summed E-state index contributed by atoms with van der Waals surface area (Å²) in [5, 5.41) is 3.00. The highest BCUT2D eigenvalue weighted by molar-refractivity contribution is 8.00. The molecule has 2 amide bonds. The van der Waals surface area contributed by atoms with Crippen LogP contribution in [0.4, 0.5) is 0 Å². The van der Waals surface area contributed by atoms with Crippen LogP contribution < -0.4 is 5.32 Å². The van der Waals surface area contributed by atoms with Gasteiger partial charge in [-0.1, -0.05) is 35.9 Å². The van der Waals surface area contributed by atoms with Crippen LogP contribution in [0, 0.1) is 6.92 Å². The molecule has 2 atom stereocenters. The second-order valence-corrected chi connectivity index (χ2v) is 8.40. The molecule has 0 bridgehead atoms. The number of carbonyl (C=O) groups excluding carboxylic acids is 2. The molecule has 0 aliphatic carbocycles. The monoisotopic (exact) mass is 381 g/mol. The lowest BCUT2D eigenvalue weighted by Crippen LogP contribution is -2.50. The fraction of sp³-hybridized carbons (Fsp3) is 0.381. The van der Waals surface area contributed by atoms with Gasteiger partial charge >= 0.3 is 0 Å². The zero-order chi connectivity index (χ0) is 18.9. The second-order valence-electron chi connectivity index (χ2n) is 7.10. The standard InChI is InChI=1S/C21H23N3O2S/c1-15-5-7-16(8-6-15)21-11-9-19(25)24(21)18(14-27-21)20(26)23-13-10-17-4-2-3-12-22-17/h2-8,12,18H,9-11,13-14H2,1H3,(H,23,26)/t18-,21-/m0/s1. The number of fused-ring (bicyclic) bond motifs is 1. The van der Waals surface area contributed by atoms with Crippen LogP contribution in [0.3, 0.4) is 0 Å². The summed E-state index contributed by atoms with van der Waals surface area (Å²) in [5.41, 5.74) is 3.26. The molecule has 2 aliphatic rings. The van der Waals surface area contributed by atoms with Gasteiger partial charge in [0.2, 0.25) is 11.8 Å². The molecule has 1 aromatic carbocycles. The number of benzene rings is 1. The van der Waals surface area contributed by atoms with Crippen LogP contribution >= 0.6 is 11.8 Å². The Morgan fingerprint density at radius 2 is 2.11 bits per heavy atom. The Morgan fingerprint density at radius 3 is 2.85 bits per heavy atom. The molecular weight excluding hydrogens is 358 g/mol. The summed E-state index contributed by atoms with van der Waals surface area (Å²) in [7, 11) is 0. The molecule has 0 unspecified atom stereocenters. The predicted octanol–water partition coefficient (Wildman–Crippen LogP) is 2.64. The molecule has 2 saturated heterocycles. The van der Waals surface area contributed by atoms with E-state index in [0.29, 0.717) is 25.1 Å². The van der Waals surface area contributed by atoms with Crippen LogP contribution in [0.15, 0.2) is 48.7 Å². The molecule has 1 aromatic heterocycles. The van der Waals surface area contributed by atoms with Crippen molar-refractivity contribution in [1.82, 2.24) is 15.2 Å². The first-order valence-corrected chi connectivity index (χ1v) is 10.3. The number of aromatic nitrogens is 1. The third-order valence-corrected chi connectivity index (χ3v) is 6.94. The third kappa shape index (κ3) is 3.34. The zero-order valence-electron chi connectivity index (χ0n) is 15.4. The maximum absolute atomic E-state index is 12.8. The molecule has 3 heterocycles. The topological polar surface area (TPSA) is 62.3 Å². The number of rotatable bonds is 5. The summed E-state index contributed by atoms with van der Waals surface area (Å²) in [5.74, 6) is 0.641. The van der Waals surface area contributed by atoms with E-state index in [4.69, 9.17) is 0 Å². The fourth-order valence-electron chi connectivity index (χ4n) is 3.93. The molecule has 0 spiro atoms. The number of nitrogens with zero attached hydrogens (tertiary/aromatic N) is 2. The number of hydrogen-bond acceptors (Lipinski definition) is 4. The van der Waals surface area contributed by atoms with Crippen LogP contribution in [0.5, 0.6) is 0 Å². The number of thioether (sulfide) groups is 1. The highest BCUT2D eigenvalue weighted by Crippen LogP contribution is 2.54. The Balaban J connectivity index is 1.47. The van der Waals surface area contributed by atoms with Gasteiger partial charge in [-0.3, -0.25) is 14.6 Å². The maximum atomic E-state index is 12.8. The predicted molar refractivity (Wildman–Crippen MR) is 106 cm³/mol. The van der Waals surface area contributed by atoms with Gasteiger partial charge in [-0.2, -0.15) is 0 Å². The summed E-state index contributed by atoms with van der Waals surface area (Å²) >= 11 is 1.72. The van der Waals surface area contributed by atoms with Crippen molar-refractivity contribution in [2.75, 3.05) is 12.3 Å². The minimum absolute atomic E-state index is 0.0670. The van der Waals surface area contributed by atoms with E-state index in [1.807, 2.05) is 23.1 Å². The number of carbonyl (C=O) groups is 2. The van der Waals surface area contributed by atoms with E-state index in [-0.39, 0.29) is 11.8 Å². The molecule has 140 valence electrons. The Labute approximate surface area is 163 Å². The van der Waals surface area contributed by atoms with Crippen molar-refractivity contribution in [2.45, 2.75) is 37.1 Å². The summed E-state index contributed by atoms with van der Waals surface area (Å²) in [6, 6.07) is 13.7. The zero-order valence-corrected chi connectivity index (χ0v) is 16.2. The summed E-state index contributed by atoms with van der Waals surface area (Å²) in [6.45, 7) is 2.58. The lowest BCUT2D eigenvalue weighted by Gasteiger charge is -2.34. The maximum Gasteiger partial charge on any atom is 0.243 e. The highest BCUT2D eigenvalue weighted by Gasteiger charge is 2.56.